The predicted molar refractivity (Wildman–Crippen MR) is 65.1 cm³/mol. The Morgan fingerprint density at radius 3 is 2.20 bits per heavy atom. The van der Waals surface area contributed by atoms with Crippen molar-refractivity contribution in [1.82, 2.24) is 10.2 Å². The molecule has 1 aliphatic heterocycles. The zero-order valence-corrected chi connectivity index (χ0v) is 10.3. The molecule has 0 aromatic rings. The molecule has 0 amide bonds. The maximum Gasteiger partial charge on any atom is 0.00823 e. The van der Waals surface area contributed by atoms with Crippen molar-refractivity contribution >= 4 is 0 Å². The van der Waals surface area contributed by atoms with Gasteiger partial charge in [0, 0.05) is 18.1 Å². The Hall–Kier alpha value is -0.0800. The van der Waals surface area contributed by atoms with E-state index in [9.17, 15) is 0 Å². The van der Waals surface area contributed by atoms with Crippen LogP contribution in [0.3, 0.4) is 0 Å². The molecule has 1 saturated carbocycles. The van der Waals surface area contributed by atoms with E-state index in [0.717, 1.165) is 18.1 Å². The first-order valence-electron chi connectivity index (χ1n) is 6.76. The summed E-state index contributed by atoms with van der Waals surface area (Å²) in [4.78, 5) is 2.63. The van der Waals surface area contributed by atoms with Gasteiger partial charge in [-0.1, -0.05) is 6.42 Å². The lowest BCUT2D eigenvalue weighted by Crippen LogP contribution is -2.42. The molecule has 2 rings (SSSR count). The van der Waals surface area contributed by atoms with Gasteiger partial charge in [0.15, 0.2) is 0 Å². The highest BCUT2D eigenvalue weighted by Gasteiger charge is 2.23. The van der Waals surface area contributed by atoms with E-state index in [4.69, 9.17) is 0 Å². The third-order valence-corrected chi connectivity index (χ3v) is 4.07. The summed E-state index contributed by atoms with van der Waals surface area (Å²) < 4.78 is 0. The first kappa shape index (κ1) is 11.4. The highest BCUT2D eigenvalue weighted by atomic mass is 15.2. The molecule has 2 aliphatic rings. The van der Waals surface area contributed by atoms with Gasteiger partial charge in [0.2, 0.25) is 0 Å². The SMILES string of the molecule is CC(C)N1CCCC(NC2CCC2)CC1. The molecule has 1 atom stereocenters. The van der Waals surface area contributed by atoms with Crippen molar-refractivity contribution in [3.8, 4) is 0 Å². The largest absolute Gasteiger partial charge is 0.311 e. The molecule has 1 N–H and O–H groups in total. The molecule has 2 nitrogen and oxygen atoms in total. The van der Waals surface area contributed by atoms with E-state index in [1.165, 1.54) is 51.6 Å². The lowest BCUT2D eigenvalue weighted by molar-refractivity contribution is 0.225. The quantitative estimate of drug-likeness (QED) is 0.769. The Balaban J connectivity index is 1.73. The molecule has 1 heterocycles. The topological polar surface area (TPSA) is 15.3 Å². The van der Waals surface area contributed by atoms with Gasteiger partial charge in [0.25, 0.3) is 0 Å². The molecule has 2 heteroatoms. The number of hydrogen-bond acceptors (Lipinski definition) is 2. The van der Waals surface area contributed by atoms with Gasteiger partial charge in [-0.3, -0.25) is 0 Å². The normalized spacial score (nSPS) is 30.2. The molecule has 15 heavy (non-hydrogen) atoms. The van der Waals surface area contributed by atoms with Crippen LogP contribution in [0.4, 0.5) is 0 Å². The molecule has 0 bridgehead atoms. The number of nitrogens with zero attached hydrogens (tertiary/aromatic N) is 1. The summed E-state index contributed by atoms with van der Waals surface area (Å²) in [7, 11) is 0. The fourth-order valence-electron chi connectivity index (χ4n) is 2.71. The van der Waals surface area contributed by atoms with Crippen molar-refractivity contribution < 1.29 is 0 Å². The van der Waals surface area contributed by atoms with Gasteiger partial charge in [0.1, 0.15) is 0 Å². The third-order valence-electron chi connectivity index (χ3n) is 4.07. The zero-order chi connectivity index (χ0) is 10.7. The molecule has 88 valence electrons. The zero-order valence-electron chi connectivity index (χ0n) is 10.3. The molecule has 1 unspecified atom stereocenters. The number of rotatable bonds is 3. The van der Waals surface area contributed by atoms with Crippen LogP contribution in [0.15, 0.2) is 0 Å². The van der Waals surface area contributed by atoms with Gasteiger partial charge < -0.3 is 10.2 Å². The van der Waals surface area contributed by atoms with E-state index < -0.39 is 0 Å². The summed E-state index contributed by atoms with van der Waals surface area (Å²) in [5, 5.41) is 3.83. The smallest absolute Gasteiger partial charge is 0.00823 e. The van der Waals surface area contributed by atoms with Gasteiger partial charge >= 0.3 is 0 Å². The average molecular weight is 210 g/mol. The summed E-state index contributed by atoms with van der Waals surface area (Å²) in [6.07, 6.45) is 8.41. The third kappa shape index (κ3) is 3.18. The van der Waals surface area contributed by atoms with Crippen LogP contribution < -0.4 is 5.32 Å². The minimum absolute atomic E-state index is 0.729. The second kappa shape index (κ2) is 5.31. The van der Waals surface area contributed by atoms with E-state index in [2.05, 4.69) is 24.1 Å². The van der Waals surface area contributed by atoms with Gasteiger partial charge in [-0.15, -0.1) is 0 Å². The Labute approximate surface area is 94.4 Å². The average Bonchev–Trinajstić information content (AvgIpc) is 2.36. The molecular formula is C13H26N2. The van der Waals surface area contributed by atoms with Gasteiger partial charge in [-0.2, -0.15) is 0 Å². The monoisotopic (exact) mass is 210 g/mol. The van der Waals surface area contributed by atoms with Gasteiger partial charge in [-0.05, 0) is 59.0 Å². The van der Waals surface area contributed by atoms with Crippen LogP contribution in [0.2, 0.25) is 0 Å². The first-order chi connectivity index (χ1) is 7.25. The van der Waals surface area contributed by atoms with Gasteiger partial charge in [-0.25, -0.2) is 0 Å². The fraction of sp³-hybridized carbons (Fsp3) is 1.00. The molecule has 0 radical (unpaired) electrons. The van der Waals surface area contributed by atoms with Crippen LogP contribution >= 0.6 is 0 Å². The molecule has 1 aliphatic carbocycles. The maximum absolute atomic E-state index is 3.83. The second-order valence-corrected chi connectivity index (χ2v) is 5.55. The van der Waals surface area contributed by atoms with Crippen LogP contribution in [0.5, 0.6) is 0 Å². The van der Waals surface area contributed by atoms with E-state index in [1.54, 1.807) is 0 Å². The van der Waals surface area contributed by atoms with Crippen molar-refractivity contribution in [3.05, 3.63) is 0 Å². The highest BCUT2D eigenvalue weighted by molar-refractivity contribution is 4.83. The van der Waals surface area contributed by atoms with Crippen LogP contribution in [0.25, 0.3) is 0 Å². The Kier molecular flexibility index (Phi) is 4.04. The lowest BCUT2D eigenvalue weighted by Gasteiger charge is -2.31. The fourth-order valence-corrected chi connectivity index (χ4v) is 2.71. The standard InChI is InChI=1S/C13H26N2/c1-11(2)15-9-4-7-13(8-10-15)14-12-5-3-6-12/h11-14H,3-10H2,1-2H3. The number of nitrogens with one attached hydrogen (secondary N) is 1. The molecule has 0 aromatic carbocycles. The predicted octanol–water partition coefficient (Wildman–Crippen LogP) is 2.39. The van der Waals surface area contributed by atoms with E-state index in [-0.39, 0.29) is 0 Å². The summed E-state index contributed by atoms with van der Waals surface area (Å²) >= 11 is 0. The summed E-state index contributed by atoms with van der Waals surface area (Å²) in [5.41, 5.74) is 0. The molecule has 1 saturated heterocycles. The van der Waals surface area contributed by atoms with Crippen molar-refractivity contribution in [2.45, 2.75) is 70.5 Å². The molecular weight excluding hydrogens is 184 g/mol. The summed E-state index contributed by atoms with van der Waals surface area (Å²) in [6.45, 7) is 7.24. The van der Waals surface area contributed by atoms with E-state index in [0.29, 0.717) is 0 Å². The Bertz CT molecular complexity index is 187. The summed E-state index contributed by atoms with van der Waals surface area (Å²) in [5.74, 6) is 0. The van der Waals surface area contributed by atoms with Crippen molar-refractivity contribution in [3.63, 3.8) is 0 Å². The molecule has 0 spiro atoms. The lowest BCUT2D eigenvalue weighted by atomic mass is 9.91. The van der Waals surface area contributed by atoms with E-state index in [1.807, 2.05) is 0 Å². The number of hydrogen-bond donors (Lipinski definition) is 1. The Morgan fingerprint density at radius 1 is 0.933 bits per heavy atom. The minimum atomic E-state index is 0.729. The van der Waals surface area contributed by atoms with Crippen LogP contribution in [0.1, 0.15) is 52.4 Å². The maximum atomic E-state index is 3.83. The van der Waals surface area contributed by atoms with Crippen molar-refractivity contribution in [2.75, 3.05) is 13.1 Å². The molecule has 0 aromatic heterocycles. The Morgan fingerprint density at radius 2 is 1.60 bits per heavy atom. The minimum Gasteiger partial charge on any atom is -0.311 e. The first-order valence-corrected chi connectivity index (χ1v) is 6.76. The van der Waals surface area contributed by atoms with Crippen LogP contribution in [-0.4, -0.2) is 36.1 Å². The van der Waals surface area contributed by atoms with E-state index >= 15 is 0 Å². The van der Waals surface area contributed by atoms with Crippen molar-refractivity contribution in [1.29, 1.82) is 0 Å². The van der Waals surface area contributed by atoms with Crippen molar-refractivity contribution in [2.24, 2.45) is 0 Å². The highest BCUT2D eigenvalue weighted by Crippen LogP contribution is 2.21. The van der Waals surface area contributed by atoms with Crippen LogP contribution in [0, 0.1) is 0 Å². The summed E-state index contributed by atoms with van der Waals surface area (Å²) in [6, 6.07) is 2.40. The van der Waals surface area contributed by atoms with Crippen LogP contribution in [-0.2, 0) is 0 Å². The number of likely N-dealkylation sites (tertiary alicyclic amines) is 1. The second-order valence-electron chi connectivity index (χ2n) is 5.55. The van der Waals surface area contributed by atoms with Gasteiger partial charge in [0.05, 0.1) is 0 Å². The molecule has 2 fully saturated rings.